The largest absolute Gasteiger partial charge is 0.495 e. The highest BCUT2D eigenvalue weighted by molar-refractivity contribution is 6.31. The van der Waals surface area contributed by atoms with Crippen molar-refractivity contribution < 1.29 is 4.74 Å². The number of hydrogen-bond acceptors (Lipinski definition) is 3. The van der Waals surface area contributed by atoms with Gasteiger partial charge in [-0.25, -0.2) is 0 Å². The number of nitrogens with zero attached hydrogens (tertiary/aromatic N) is 1. The zero-order valence-corrected chi connectivity index (χ0v) is 13.2. The second kappa shape index (κ2) is 8.01. The van der Waals surface area contributed by atoms with Crippen molar-refractivity contribution in [2.75, 3.05) is 13.7 Å². The minimum Gasteiger partial charge on any atom is -0.495 e. The number of benzene rings is 1. The Morgan fingerprint density at radius 1 is 1.29 bits per heavy atom. The van der Waals surface area contributed by atoms with Crippen LogP contribution in [0.1, 0.15) is 30.5 Å². The molecular formula is C17H21ClN2O. The lowest BCUT2D eigenvalue weighted by Gasteiger charge is -2.21. The van der Waals surface area contributed by atoms with Gasteiger partial charge in [-0.1, -0.05) is 36.7 Å². The summed E-state index contributed by atoms with van der Waals surface area (Å²) in [6.45, 7) is 3.10. The number of pyridine rings is 1. The van der Waals surface area contributed by atoms with Gasteiger partial charge in [0.25, 0.3) is 0 Å². The highest BCUT2D eigenvalue weighted by Crippen LogP contribution is 2.28. The number of nitrogens with one attached hydrogen (secondary N) is 1. The first-order valence-corrected chi connectivity index (χ1v) is 7.58. The van der Waals surface area contributed by atoms with Crippen molar-refractivity contribution in [3.05, 3.63) is 58.9 Å². The van der Waals surface area contributed by atoms with Crippen LogP contribution in [0.25, 0.3) is 0 Å². The summed E-state index contributed by atoms with van der Waals surface area (Å²) in [5.41, 5.74) is 2.24. The molecule has 0 radical (unpaired) electrons. The third kappa shape index (κ3) is 4.19. The number of rotatable bonds is 7. The van der Waals surface area contributed by atoms with E-state index in [1.54, 1.807) is 19.5 Å². The summed E-state index contributed by atoms with van der Waals surface area (Å²) in [7, 11) is 1.67. The summed E-state index contributed by atoms with van der Waals surface area (Å²) in [4.78, 5) is 4.12. The smallest absolute Gasteiger partial charge is 0.141 e. The predicted octanol–water partition coefficient (Wildman–Crippen LogP) is 4.03. The molecular weight excluding hydrogens is 284 g/mol. The molecule has 1 aromatic carbocycles. The lowest BCUT2D eigenvalue weighted by Crippen LogP contribution is -2.24. The minimum absolute atomic E-state index is 0.155. The lowest BCUT2D eigenvalue weighted by molar-refractivity contribution is 0.396. The summed E-state index contributed by atoms with van der Waals surface area (Å²) >= 11 is 6.29. The van der Waals surface area contributed by atoms with E-state index in [-0.39, 0.29) is 6.04 Å². The van der Waals surface area contributed by atoms with Gasteiger partial charge in [-0.2, -0.15) is 0 Å². The molecule has 112 valence electrons. The molecule has 0 bridgehead atoms. The van der Waals surface area contributed by atoms with Gasteiger partial charge in [0.2, 0.25) is 0 Å². The van der Waals surface area contributed by atoms with Gasteiger partial charge in [-0.15, -0.1) is 0 Å². The van der Waals surface area contributed by atoms with E-state index in [0.29, 0.717) is 0 Å². The van der Waals surface area contributed by atoms with E-state index in [0.717, 1.165) is 41.3 Å². The number of hydrogen-bond donors (Lipinski definition) is 1. The molecule has 0 aliphatic rings. The van der Waals surface area contributed by atoms with E-state index in [1.807, 2.05) is 24.3 Å². The fourth-order valence-corrected chi connectivity index (χ4v) is 2.56. The normalized spacial score (nSPS) is 12.1. The second-order valence-electron chi connectivity index (χ2n) is 4.92. The molecule has 4 heteroatoms. The molecule has 0 aliphatic heterocycles. The van der Waals surface area contributed by atoms with Crippen molar-refractivity contribution in [3.63, 3.8) is 0 Å². The van der Waals surface area contributed by atoms with Gasteiger partial charge in [-0.3, -0.25) is 4.98 Å². The molecule has 0 aliphatic carbocycles. The Bertz CT molecular complexity index is 574. The van der Waals surface area contributed by atoms with E-state index in [2.05, 4.69) is 23.3 Å². The maximum atomic E-state index is 6.29. The molecule has 21 heavy (non-hydrogen) atoms. The number of aromatic nitrogens is 1. The van der Waals surface area contributed by atoms with E-state index in [9.17, 15) is 0 Å². The van der Waals surface area contributed by atoms with Crippen LogP contribution in [0.2, 0.25) is 5.02 Å². The van der Waals surface area contributed by atoms with Crippen LogP contribution in [-0.2, 0) is 6.42 Å². The van der Waals surface area contributed by atoms with Crippen LogP contribution < -0.4 is 10.1 Å². The van der Waals surface area contributed by atoms with E-state index in [4.69, 9.17) is 16.3 Å². The molecule has 0 fully saturated rings. The van der Waals surface area contributed by atoms with Crippen molar-refractivity contribution >= 4 is 11.6 Å². The Kier molecular flexibility index (Phi) is 6.03. The fraction of sp³-hybridized carbons (Fsp3) is 0.353. The topological polar surface area (TPSA) is 34.2 Å². The van der Waals surface area contributed by atoms with Crippen LogP contribution >= 0.6 is 11.6 Å². The number of ether oxygens (including phenoxy) is 1. The summed E-state index contributed by atoms with van der Waals surface area (Å²) in [6.07, 6.45) is 5.44. The molecule has 1 aromatic heterocycles. The van der Waals surface area contributed by atoms with Gasteiger partial charge in [0.15, 0.2) is 0 Å². The molecule has 1 atom stereocenters. The Balaban J connectivity index is 2.28. The van der Waals surface area contributed by atoms with Crippen molar-refractivity contribution in [2.45, 2.75) is 25.8 Å². The zero-order chi connectivity index (χ0) is 15.1. The van der Waals surface area contributed by atoms with Gasteiger partial charge in [0.05, 0.1) is 13.3 Å². The molecule has 0 saturated carbocycles. The highest BCUT2D eigenvalue weighted by Gasteiger charge is 2.17. The summed E-state index contributed by atoms with van der Waals surface area (Å²) < 4.78 is 5.44. The van der Waals surface area contributed by atoms with E-state index < -0.39 is 0 Å². The fourth-order valence-electron chi connectivity index (χ4n) is 2.34. The van der Waals surface area contributed by atoms with Crippen LogP contribution in [0, 0.1) is 0 Å². The Morgan fingerprint density at radius 2 is 2.10 bits per heavy atom. The predicted molar refractivity (Wildman–Crippen MR) is 87.0 cm³/mol. The van der Waals surface area contributed by atoms with Crippen molar-refractivity contribution in [1.82, 2.24) is 10.3 Å². The van der Waals surface area contributed by atoms with Gasteiger partial charge < -0.3 is 10.1 Å². The Hall–Kier alpha value is -1.58. The monoisotopic (exact) mass is 304 g/mol. The standard InChI is InChI=1S/C17H21ClN2O/c1-3-9-20-16(11-13-6-4-5-7-15(13)18)14-8-10-19-12-17(14)21-2/h4-8,10,12,16,20H,3,9,11H2,1-2H3. The first-order valence-electron chi connectivity index (χ1n) is 7.21. The molecule has 1 N–H and O–H groups in total. The van der Waals surface area contributed by atoms with Crippen LogP contribution in [-0.4, -0.2) is 18.6 Å². The van der Waals surface area contributed by atoms with E-state index >= 15 is 0 Å². The summed E-state index contributed by atoms with van der Waals surface area (Å²) in [5.74, 6) is 0.804. The minimum atomic E-state index is 0.155. The maximum Gasteiger partial charge on any atom is 0.141 e. The second-order valence-corrected chi connectivity index (χ2v) is 5.33. The quantitative estimate of drug-likeness (QED) is 0.838. The van der Waals surface area contributed by atoms with Gasteiger partial charge in [0.1, 0.15) is 5.75 Å². The number of halogens is 1. The first kappa shape index (κ1) is 15.8. The molecule has 0 spiro atoms. The van der Waals surface area contributed by atoms with Crippen LogP contribution in [0.5, 0.6) is 5.75 Å². The van der Waals surface area contributed by atoms with Gasteiger partial charge in [-0.05, 0) is 37.1 Å². The average molecular weight is 305 g/mol. The zero-order valence-electron chi connectivity index (χ0n) is 12.5. The average Bonchev–Trinajstić information content (AvgIpc) is 2.53. The van der Waals surface area contributed by atoms with Crippen molar-refractivity contribution in [1.29, 1.82) is 0 Å². The van der Waals surface area contributed by atoms with Crippen molar-refractivity contribution in [3.8, 4) is 5.75 Å². The molecule has 2 aromatic rings. The maximum absolute atomic E-state index is 6.29. The molecule has 0 saturated heterocycles. The van der Waals surface area contributed by atoms with Crippen molar-refractivity contribution in [2.24, 2.45) is 0 Å². The molecule has 2 rings (SSSR count). The van der Waals surface area contributed by atoms with Crippen LogP contribution in [0.3, 0.4) is 0 Å². The molecule has 0 amide bonds. The highest BCUT2D eigenvalue weighted by atomic mass is 35.5. The molecule has 1 heterocycles. The number of methoxy groups -OCH3 is 1. The Labute approximate surface area is 131 Å². The van der Waals surface area contributed by atoms with Crippen LogP contribution in [0.4, 0.5) is 0 Å². The molecule has 1 unspecified atom stereocenters. The van der Waals surface area contributed by atoms with Gasteiger partial charge >= 0.3 is 0 Å². The summed E-state index contributed by atoms with van der Waals surface area (Å²) in [6, 6.07) is 10.1. The summed E-state index contributed by atoms with van der Waals surface area (Å²) in [5, 5.41) is 4.37. The Morgan fingerprint density at radius 3 is 2.81 bits per heavy atom. The third-order valence-electron chi connectivity index (χ3n) is 3.43. The third-order valence-corrected chi connectivity index (χ3v) is 3.80. The van der Waals surface area contributed by atoms with E-state index in [1.165, 1.54) is 0 Å². The van der Waals surface area contributed by atoms with Crippen LogP contribution in [0.15, 0.2) is 42.7 Å². The van der Waals surface area contributed by atoms with Gasteiger partial charge in [0, 0.05) is 22.8 Å². The lowest BCUT2D eigenvalue weighted by atomic mass is 9.98. The first-order chi connectivity index (χ1) is 10.3. The SMILES string of the molecule is CCCNC(Cc1ccccc1Cl)c1ccncc1OC. The molecule has 3 nitrogen and oxygen atoms in total.